The fourth-order valence-corrected chi connectivity index (χ4v) is 18.1. The number of hydrogen-bond donors (Lipinski definition) is 0. The number of esters is 2. The summed E-state index contributed by atoms with van der Waals surface area (Å²) >= 11 is 0. The normalized spacial score (nSPS) is 23.1. The molecule has 2 amide bonds. The van der Waals surface area contributed by atoms with E-state index in [4.69, 9.17) is 18.9 Å². The summed E-state index contributed by atoms with van der Waals surface area (Å²) in [6, 6.07) is 21.5. The van der Waals surface area contributed by atoms with Gasteiger partial charge in [0.2, 0.25) is 11.8 Å². The smallest absolute Gasteiger partial charge is 0.306 e. The maximum absolute atomic E-state index is 16.7. The number of amides is 2. The topological polar surface area (TPSA) is 152 Å². The summed E-state index contributed by atoms with van der Waals surface area (Å²) in [5.74, 6) is -4.60. The summed E-state index contributed by atoms with van der Waals surface area (Å²) in [6.45, 7) is 5.62. The molecule has 8 rings (SSSR count). The van der Waals surface area contributed by atoms with Gasteiger partial charge < -0.3 is 38.5 Å². The molecule has 3 aromatic carbocycles. The molecule has 17 heteroatoms. The predicted molar refractivity (Wildman–Crippen MR) is 288 cm³/mol. The standard InChI is InChI=1S/C59H78F2N4O10Si/c1-38(72-3)45(36-55(68)74-5)58(70)63-24-10-12-51(63)53(66)32-40-14-18-42(19-15-40)49-22-23-50(65(49)44-34-47(60)57(48(61)35-44)62-26-30-76(31-27-62)28-8-7-9-29-76)43-20-16-41(17-21-43)33-54(67)52-13-11-25-64(52)59(71)46(39(2)73-4)37-56(69)75-6/h14-21,34-35,38-39,45-46,49-52H,7-13,22-33,36-37H2,1-6H3/t38-,39-,45+,46+,49+,50+,51+,52+/m1/s1. The highest BCUT2D eigenvalue weighted by Gasteiger charge is 2.43. The third-order valence-electron chi connectivity index (χ3n) is 17.8. The predicted octanol–water partition coefficient (Wildman–Crippen LogP) is 9.13. The molecule has 412 valence electrons. The van der Waals surface area contributed by atoms with Crippen molar-refractivity contribution in [2.24, 2.45) is 11.8 Å². The van der Waals surface area contributed by atoms with Gasteiger partial charge in [0.25, 0.3) is 0 Å². The molecule has 0 saturated carbocycles. The van der Waals surface area contributed by atoms with Crippen LogP contribution in [-0.4, -0.2) is 132 Å². The Morgan fingerprint density at radius 1 is 0.566 bits per heavy atom. The van der Waals surface area contributed by atoms with E-state index in [-0.39, 0.29) is 66.8 Å². The van der Waals surface area contributed by atoms with Crippen molar-refractivity contribution in [1.29, 1.82) is 0 Å². The number of carbonyl (C=O) groups is 6. The van der Waals surface area contributed by atoms with Crippen LogP contribution < -0.4 is 9.80 Å². The second-order valence-electron chi connectivity index (χ2n) is 22.1. The fraction of sp³-hybridized carbons (Fsp3) is 0.593. The molecule has 0 unspecified atom stereocenters. The fourth-order valence-electron chi connectivity index (χ4n) is 13.1. The lowest BCUT2D eigenvalue weighted by Gasteiger charge is -2.43. The first-order valence-corrected chi connectivity index (χ1v) is 30.5. The Morgan fingerprint density at radius 3 is 1.38 bits per heavy atom. The van der Waals surface area contributed by atoms with Crippen LogP contribution in [0.15, 0.2) is 60.7 Å². The monoisotopic (exact) mass is 1070 g/mol. The van der Waals surface area contributed by atoms with Crippen LogP contribution in [0.4, 0.5) is 20.2 Å². The minimum Gasteiger partial charge on any atom is -0.469 e. The Morgan fingerprint density at radius 2 is 0.987 bits per heavy atom. The van der Waals surface area contributed by atoms with Gasteiger partial charge in [0, 0.05) is 58.9 Å². The van der Waals surface area contributed by atoms with Gasteiger partial charge in [0.1, 0.15) is 5.69 Å². The average Bonchev–Trinajstić information content (AvgIpc) is 4.24. The number of carbonyl (C=O) groups excluding carboxylic acids is 6. The molecule has 5 fully saturated rings. The van der Waals surface area contributed by atoms with Crippen molar-refractivity contribution in [3.63, 3.8) is 0 Å². The number of methoxy groups -OCH3 is 4. The van der Waals surface area contributed by atoms with Crippen LogP contribution in [0.2, 0.25) is 24.2 Å². The van der Waals surface area contributed by atoms with Gasteiger partial charge >= 0.3 is 11.9 Å². The Hall–Kier alpha value is -5.52. The molecule has 0 N–H and O–H groups in total. The summed E-state index contributed by atoms with van der Waals surface area (Å²) in [4.78, 5) is 87.4. The number of Topliss-reactive ketones (excluding diaryl/α,β-unsaturated/α-hetero) is 2. The largest absolute Gasteiger partial charge is 0.469 e. The number of anilines is 2. The van der Waals surface area contributed by atoms with E-state index in [1.54, 1.807) is 23.6 Å². The van der Waals surface area contributed by atoms with E-state index in [1.807, 2.05) is 53.4 Å². The number of likely N-dealkylation sites (tertiary alicyclic amines) is 2. The van der Waals surface area contributed by atoms with Crippen LogP contribution in [0, 0.1) is 23.5 Å². The number of hydrogen-bond acceptors (Lipinski definition) is 12. The van der Waals surface area contributed by atoms with Gasteiger partial charge in [-0.15, -0.1) is 0 Å². The molecule has 3 aromatic rings. The van der Waals surface area contributed by atoms with Crippen LogP contribution in [-0.2, 0) is 60.6 Å². The van der Waals surface area contributed by atoms with E-state index >= 15 is 8.78 Å². The van der Waals surface area contributed by atoms with Gasteiger partial charge in [-0.05, 0) is 98.8 Å². The maximum atomic E-state index is 16.7. The molecule has 5 saturated heterocycles. The van der Waals surface area contributed by atoms with Crippen molar-refractivity contribution in [1.82, 2.24) is 9.80 Å². The summed E-state index contributed by atoms with van der Waals surface area (Å²) in [6.07, 6.45) is 6.31. The van der Waals surface area contributed by atoms with Crippen molar-refractivity contribution in [3.05, 3.63) is 94.6 Å². The zero-order valence-electron chi connectivity index (χ0n) is 45.4. The van der Waals surface area contributed by atoms with Gasteiger partial charge in [-0.2, -0.15) is 0 Å². The van der Waals surface area contributed by atoms with Crippen molar-refractivity contribution in [3.8, 4) is 0 Å². The van der Waals surface area contributed by atoms with Crippen molar-refractivity contribution < 1.29 is 56.5 Å². The molecule has 76 heavy (non-hydrogen) atoms. The number of benzene rings is 3. The molecule has 0 aromatic heterocycles. The first-order chi connectivity index (χ1) is 36.6. The molecule has 1 spiro atoms. The van der Waals surface area contributed by atoms with E-state index in [0.717, 1.165) is 34.3 Å². The number of ether oxygens (including phenoxy) is 4. The highest BCUT2D eigenvalue weighted by Crippen LogP contribution is 2.49. The molecule has 5 aliphatic rings. The zero-order valence-corrected chi connectivity index (χ0v) is 46.4. The lowest BCUT2D eigenvalue weighted by atomic mass is 9.95. The molecule has 5 heterocycles. The Bertz CT molecular complexity index is 2400. The minimum atomic E-state index is -1.39. The molecule has 0 bridgehead atoms. The van der Waals surface area contributed by atoms with Crippen LogP contribution in [0.5, 0.6) is 0 Å². The number of rotatable bonds is 20. The van der Waals surface area contributed by atoms with Crippen LogP contribution in [0.25, 0.3) is 0 Å². The molecule has 5 aliphatic heterocycles. The van der Waals surface area contributed by atoms with E-state index < -0.39 is 67.8 Å². The summed E-state index contributed by atoms with van der Waals surface area (Å²) in [5.41, 5.74) is 3.86. The van der Waals surface area contributed by atoms with Gasteiger partial charge in [0.15, 0.2) is 23.2 Å². The van der Waals surface area contributed by atoms with Gasteiger partial charge in [0.05, 0.1) is 83.3 Å². The Labute approximate surface area is 448 Å². The van der Waals surface area contributed by atoms with Crippen LogP contribution in [0.3, 0.4) is 0 Å². The molecule has 14 nitrogen and oxygen atoms in total. The number of halogens is 2. The highest BCUT2D eigenvalue weighted by atomic mass is 28.3. The molecule has 8 atom stereocenters. The second-order valence-corrected chi connectivity index (χ2v) is 27.1. The summed E-state index contributed by atoms with van der Waals surface area (Å²) < 4.78 is 54.0. The second kappa shape index (κ2) is 25.3. The van der Waals surface area contributed by atoms with Gasteiger partial charge in [-0.1, -0.05) is 79.9 Å². The molecular weight excluding hydrogens is 991 g/mol. The molecule has 0 aliphatic carbocycles. The van der Waals surface area contributed by atoms with E-state index in [9.17, 15) is 28.8 Å². The van der Waals surface area contributed by atoms with Crippen molar-refractivity contribution in [2.75, 3.05) is 64.4 Å². The van der Waals surface area contributed by atoms with Gasteiger partial charge in [-0.3, -0.25) is 28.8 Å². The van der Waals surface area contributed by atoms with Crippen LogP contribution in [0.1, 0.15) is 119 Å². The van der Waals surface area contributed by atoms with E-state index in [0.29, 0.717) is 70.4 Å². The lowest BCUT2D eigenvalue weighted by molar-refractivity contribution is -0.151. The molecule has 0 radical (unpaired) electrons. The van der Waals surface area contributed by atoms with Gasteiger partial charge in [-0.25, -0.2) is 8.78 Å². The highest BCUT2D eigenvalue weighted by molar-refractivity contribution is 6.80. The quantitative estimate of drug-likeness (QED) is 0.0784. The Balaban J connectivity index is 1.01. The average molecular weight is 1070 g/mol. The van der Waals surface area contributed by atoms with Crippen molar-refractivity contribution in [2.45, 2.75) is 158 Å². The van der Waals surface area contributed by atoms with E-state index in [1.165, 1.54) is 71.9 Å². The number of nitrogens with zero attached hydrogens (tertiary/aromatic N) is 4. The third-order valence-corrected chi connectivity index (χ3v) is 23.2. The van der Waals surface area contributed by atoms with Crippen molar-refractivity contribution >= 4 is 54.8 Å². The first-order valence-electron chi connectivity index (χ1n) is 27.6. The SMILES string of the molecule is COC(=O)C[C@H](C(=O)N1CCC[C@H]1C(=O)Cc1ccc([C@@H]2CC[C@@H](c3ccc(CC(=O)[C@@H]4CCCN4C(=O)[C@@H](CC(=O)OC)[C@@H](C)OC)cc3)N2c2cc(F)c(N3CC[Si]4(CCCCC4)CC3)c(F)c2)cc1)[C@@H](C)OC. The van der Waals surface area contributed by atoms with Crippen LogP contribution >= 0.6 is 0 Å². The first kappa shape index (κ1) is 56.7. The maximum Gasteiger partial charge on any atom is 0.306 e. The number of ketones is 2. The third kappa shape index (κ3) is 12.6. The minimum absolute atomic E-state index is 0.0446. The van der Waals surface area contributed by atoms with E-state index in [2.05, 4.69) is 4.90 Å². The summed E-state index contributed by atoms with van der Waals surface area (Å²) in [7, 11) is 4.12. The summed E-state index contributed by atoms with van der Waals surface area (Å²) in [5, 5.41) is 0. The molecular formula is C59H78F2N4O10Si. The zero-order chi connectivity index (χ0) is 54.3. The Kier molecular flexibility index (Phi) is 18.9. The lowest BCUT2D eigenvalue weighted by Crippen LogP contribution is -2.48.